The summed E-state index contributed by atoms with van der Waals surface area (Å²) in [7, 11) is -0.834. The summed E-state index contributed by atoms with van der Waals surface area (Å²) in [4.78, 5) is 0. The van der Waals surface area contributed by atoms with Gasteiger partial charge in [-0.05, 0) is 34.9 Å². The molecule has 0 atom stereocenters. The minimum absolute atomic E-state index is 0.264. The topological polar surface area (TPSA) is 0 Å². The van der Waals surface area contributed by atoms with Gasteiger partial charge in [0.1, 0.15) is 11.6 Å². The zero-order chi connectivity index (χ0) is 11.5. The summed E-state index contributed by atoms with van der Waals surface area (Å²) in [5, 5.41) is 1.90. The Bertz CT molecular complexity index is 422. The lowest BCUT2D eigenvalue weighted by molar-refractivity contribution is 0.628. The Morgan fingerprint density at radius 3 is 1.31 bits per heavy atom. The van der Waals surface area contributed by atoms with Gasteiger partial charge in [0.05, 0.1) is 0 Å². The van der Waals surface area contributed by atoms with E-state index in [4.69, 9.17) is 0 Å². The van der Waals surface area contributed by atoms with Crippen molar-refractivity contribution in [3.63, 3.8) is 0 Å². The third-order valence-electron chi connectivity index (χ3n) is 2.14. The molecule has 0 saturated heterocycles. The molecule has 2 aromatic rings. The Balaban J connectivity index is 2.28. The van der Waals surface area contributed by atoms with E-state index in [9.17, 15) is 8.78 Å². The molecule has 0 amide bonds. The van der Waals surface area contributed by atoms with Gasteiger partial charge in [-0.15, -0.1) is 12.2 Å². The van der Waals surface area contributed by atoms with Crippen molar-refractivity contribution < 1.29 is 8.78 Å². The van der Waals surface area contributed by atoms with Crippen LogP contribution >= 0.6 is 19.4 Å². The highest BCUT2D eigenvalue weighted by Gasteiger charge is 2.08. The van der Waals surface area contributed by atoms with Crippen molar-refractivity contribution in [3.8, 4) is 0 Å². The predicted octanol–water partition coefficient (Wildman–Crippen LogP) is 3.24. The number of rotatable bonds is 2. The van der Waals surface area contributed by atoms with Crippen molar-refractivity contribution in [1.29, 1.82) is 0 Å². The van der Waals surface area contributed by atoms with Crippen molar-refractivity contribution >= 4 is 30.0 Å². The van der Waals surface area contributed by atoms with E-state index in [1.165, 1.54) is 24.3 Å². The third-order valence-corrected chi connectivity index (χ3v) is 5.10. The second kappa shape index (κ2) is 4.94. The first-order valence-electron chi connectivity index (χ1n) is 4.67. The molecule has 0 heterocycles. The predicted molar refractivity (Wildman–Crippen MR) is 68.0 cm³/mol. The molecular formula is C12H9F2PS. The molecule has 4 heteroatoms. The fourth-order valence-corrected chi connectivity index (χ4v) is 3.27. The lowest BCUT2D eigenvalue weighted by Gasteiger charge is -2.11. The van der Waals surface area contributed by atoms with Gasteiger partial charge in [-0.1, -0.05) is 24.3 Å². The van der Waals surface area contributed by atoms with E-state index < -0.39 is 7.12 Å². The minimum Gasteiger partial charge on any atom is -0.207 e. The lowest BCUT2D eigenvalue weighted by atomic mass is 10.3. The number of thiol groups is 1. The van der Waals surface area contributed by atoms with Gasteiger partial charge < -0.3 is 0 Å². The van der Waals surface area contributed by atoms with Gasteiger partial charge in [-0.3, -0.25) is 0 Å². The van der Waals surface area contributed by atoms with Gasteiger partial charge in [-0.2, -0.15) is 0 Å². The van der Waals surface area contributed by atoms with E-state index in [0.717, 1.165) is 10.6 Å². The van der Waals surface area contributed by atoms with E-state index in [-0.39, 0.29) is 11.6 Å². The molecule has 0 aliphatic carbocycles. The molecule has 0 saturated carbocycles. The number of hydrogen-bond donors (Lipinski definition) is 1. The average Bonchev–Trinajstić information content (AvgIpc) is 2.30. The number of benzene rings is 2. The minimum atomic E-state index is -0.834. The average molecular weight is 254 g/mol. The smallest absolute Gasteiger partial charge is 0.123 e. The number of halogens is 2. The summed E-state index contributed by atoms with van der Waals surface area (Å²) in [6.07, 6.45) is 0. The molecule has 0 N–H and O–H groups in total. The quantitative estimate of drug-likeness (QED) is 0.617. The van der Waals surface area contributed by atoms with Gasteiger partial charge in [0.15, 0.2) is 0 Å². The Morgan fingerprint density at radius 2 is 1.00 bits per heavy atom. The Morgan fingerprint density at radius 1 is 0.688 bits per heavy atom. The Labute approximate surface area is 99.2 Å². The molecule has 0 aliphatic rings. The molecule has 16 heavy (non-hydrogen) atoms. The summed E-state index contributed by atoms with van der Waals surface area (Å²) in [6, 6.07) is 12.5. The van der Waals surface area contributed by atoms with Crippen LogP contribution in [0.5, 0.6) is 0 Å². The highest BCUT2D eigenvalue weighted by molar-refractivity contribution is 8.50. The van der Waals surface area contributed by atoms with Crippen molar-refractivity contribution in [3.05, 3.63) is 60.2 Å². The fourth-order valence-electron chi connectivity index (χ4n) is 1.31. The number of hydrogen-bond acceptors (Lipinski definition) is 1. The molecule has 0 fully saturated rings. The van der Waals surface area contributed by atoms with Crippen LogP contribution in [0.25, 0.3) is 0 Å². The molecule has 2 aromatic carbocycles. The highest BCUT2D eigenvalue weighted by atomic mass is 32.7. The molecule has 0 aliphatic heterocycles. The maximum absolute atomic E-state index is 12.7. The van der Waals surface area contributed by atoms with Crippen LogP contribution in [0.3, 0.4) is 0 Å². The third kappa shape index (κ3) is 2.60. The molecule has 0 nitrogen and oxygen atoms in total. The summed E-state index contributed by atoms with van der Waals surface area (Å²) in [6.45, 7) is 0. The monoisotopic (exact) mass is 254 g/mol. The Hall–Kier alpha value is -0.920. The van der Waals surface area contributed by atoms with Crippen LogP contribution in [0, 0.1) is 11.6 Å². The van der Waals surface area contributed by atoms with Crippen LogP contribution in [0.2, 0.25) is 0 Å². The first-order valence-corrected chi connectivity index (χ1v) is 7.16. The summed E-state index contributed by atoms with van der Waals surface area (Å²) in [5.74, 6) is -0.529. The molecular weight excluding hydrogens is 245 g/mol. The SMILES string of the molecule is Fc1ccc(P(S)c2ccc(F)cc2)cc1. The zero-order valence-electron chi connectivity index (χ0n) is 8.27. The van der Waals surface area contributed by atoms with Crippen LogP contribution in [-0.2, 0) is 0 Å². The largest absolute Gasteiger partial charge is 0.207 e. The van der Waals surface area contributed by atoms with Gasteiger partial charge >= 0.3 is 0 Å². The van der Waals surface area contributed by atoms with Gasteiger partial charge in [0.2, 0.25) is 0 Å². The maximum atomic E-state index is 12.7. The Kier molecular flexibility index (Phi) is 3.57. The molecule has 0 unspecified atom stereocenters. The van der Waals surface area contributed by atoms with Crippen LogP contribution in [-0.4, -0.2) is 0 Å². The standard InChI is InChI=1S/C12H9F2PS/c13-9-1-5-11(6-2-9)15(16)12-7-3-10(14)4-8-12/h1-8,16H. The zero-order valence-corrected chi connectivity index (χ0v) is 10.1. The lowest BCUT2D eigenvalue weighted by Crippen LogP contribution is -2.07. The van der Waals surface area contributed by atoms with Gasteiger partial charge in [0.25, 0.3) is 0 Å². The van der Waals surface area contributed by atoms with Gasteiger partial charge in [-0.25, -0.2) is 8.78 Å². The summed E-state index contributed by atoms with van der Waals surface area (Å²) < 4.78 is 25.5. The summed E-state index contributed by atoms with van der Waals surface area (Å²) in [5.41, 5.74) is 0. The van der Waals surface area contributed by atoms with Crippen LogP contribution in [0.1, 0.15) is 0 Å². The van der Waals surface area contributed by atoms with Crippen molar-refractivity contribution in [1.82, 2.24) is 0 Å². The molecule has 0 radical (unpaired) electrons. The first-order chi connectivity index (χ1) is 7.66. The maximum Gasteiger partial charge on any atom is 0.123 e. The molecule has 82 valence electrons. The van der Waals surface area contributed by atoms with Crippen molar-refractivity contribution in [2.24, 2.45) is 0 Å². The van der Waals surface area contributed by atoms with Crippen LogP contribution in [0.15, 0.2) is 48.5 Å². The van der Waals surface area contributed by atoms with Crippen LogP contribution < -0.4 is 10.6 Å². The second-order valence-electron chi connectivity index (χ2n) is 3.26. The van der Waals surface area contributed by atoms with E-state index in [2.05, 4.69) is 12.2 Å². The normalized spacial score (nSPS) is 10.8. The van der Waals surface area contributed by atoms with Crippen LogP contribution in [0.4, 0.5) is 8.78 Å². The molecule has 0 spiro atoms. The van der Waals surface area contributed by atoms with E-state index >= 15 is 0 Å². The van der Waals surface area contributed by atoms with Crippen molar-refractivity contribution in [2.75, 3.05) is 0 Å². The molecule has 2 rings (SSSR count). The molecule has 0 bridgehead atoms. The van der Waals surface area contributed by atoms with Crippen molar-refractivity contribution in [2.45, 2.75) is 0 Å². The first kappa shape index (κ1) is 11.6. The van der Waals surface area contributed by atoms with Gasteiger partial charge in [0, 0.05) is 7.12 Å². The second-order valence-corrected chi connectivity index (χ2v) is 6.12. The highest BCUT2D eigenvalue weighted by Crippen LogP contribution is 2.37. The van der Waals surface area contributed by atoms with E-state index in [1.54, 1.807) is 24.3 Å². The van der Waals surface area contributed by atoms with E-state index in [0.29, 0.717) is 0 Å². The van der Waals surface area contributed by atoms with E-state index in [1.807, 2.05) is 0 Å². The summed E-state index contributed by atoms with van der Waals surface area (Å²) >= 11 is 4.50. The molecule has 0 aromatic heterocycles. The fraction of sp³-hybridized carbons (Fsp3) is 0.